The number of hydrogen-bond acceptors (Lipinski definition) is 4. The quantitative estimate of drug-likeness (QED) is 0.705. The van der Waals surface area contributed by atoms with Gasteiger partial charge in [-0.2, -0.15) is 0 Å². The third-order valence-electron chi connectivity index (χ3n) is 2.77. The van der Waals surface area contributed by atoms with Crippen LogP contribution in [0.1, 0.15) is 12.2 Å². The van der Waals surface area contributed by atoms with Gasteiger partial charge < -0.3 is 20.3 Å². The van der Waals surface area contributed by atoms with Gasteiger partial charge in [-0.25, -0.2) is 4.98 Å². The normalized spacial score (nSPS) is 16.4. The van der Waals surface area contributed by atoms with Crippen LogP contribution in [0.2, 0.25) is 0 Å². The molecule has 17 heavy (non-hydrogen) atoms. The molecule has 0 bridgehead atoms. The van der Waals surface area contributed by atoms with Crippen molar-refractivity contribution in [3.63, 3.8) is 0 Å². The van der Waals surface area contributed by atoms with E-state index in [4.69, 9.17) is 10.8 Å². The fourth-order valence-corrected chi connectivity index (χ4v) is 1.87. The van der Waals surface area contributed by atoms with Crippen molar-refractivity contribution in [1.29, 1.82) is 0 Å². The molecule has 0 saturated heterocycles. The van der Waals surface area contributed by atoms with E-state index in [1.165, 1.54) is 0 Å². The number of hydrogen-bond donors (Lipinski definition) is 2. The molecule has 0 fully saturated rings. The number of carboxylic acid groups (broad SMARTS) is 1. The lowest BCUT2D eigenvalue weighted by Gasteiger charge is -2.29. The average molecular weight is 238 g/mol. The third-order valence-corrected chi connectivity index (χ3v) is 2.77. The Morgan fingerprint density at radius 3 is 3.00 bits per heavy atom. The van der Waals surface area contributed by atoms with Crippen molar-refractivity contribution < 1.29 is 14.7 Å². The number of nitrogens with zero attached hydrogens (tertiary/aromatic N) is 3. The SMILES string of the molecule is NC(CC(=O)O)C(=O)N1CCn2ccnc2C1. The second-order valence-electron chi connectivity index (χ2n) is 4.00. The van der Waals surface area contributed by atoms with Gasteiger partial charge in [-0.05, 0) is 0 Å². The van der Waals surface area contributed by atoms with E-state index in [0.717, 1.165) is 5.82 Å². The van der Waals surface area contributed by atoms with Gasteiger partial charge in [0.25, 0.3) is 0 Å². The number of carbonyl (C=O) groups excluding carboxylic acids is 1. The first-order valence-electron chi connectivity index (χ1n) is 5.34. The van der Waals surface area contributed by atoms with Crippen molar-refractivity contribution in [2.24, 2.45) is 5.73 Å². The minimum Gasteiger partial charge on any atom is -0.481 e. The monoisotopic (exact) mass is 238 g/mol. The molecule has 2 heterocycles. The zero-order chi connectivity index (χ0) is 12.4. The van der Waals surface area contributed by atoms with Gasteiger partial charge in [0.2, 0.25) is 5.91 Å². The standard InChI is InChI=1S/C10H14N4O3/c11-7(5-9(15)16)10(17)14-4-3-13-2-1-12-8(13)6-14/h1-2,7H,3-6,11H2,(H,15,16). The molecule has 0 radical (unpaired) electrons. The average Bonchev–Trinajstić information content (AvgIpc) is 2.73. The summed E-state index contributed by atoms with van der Waals surface area (Å²) in [5.74, 6) is -0.599. The molecule has 1 atom stereocenters. The number of fused-ring (bicyclic) bond motifs is 1. The molecule has 1 aromatic rings. The van der Waals surface area contributed by atoms with E-state index in [1.807, 2.05) is 10.8 Å². The highest BCUT2D eigenvalue weighted by Crippen LogP contribution is 2.11. The summed E-state index contributed by atoms with van der Waals surface area (Å²) in [5.41, 5.74) is 5.55. The van der Waals surface area contributed by atoms with Crippen LogP contribution in [-0.4, -0.2) is 44.0 Å². The maximum absolute atomic E-state index is 11.9. The van der Waals surface area contributed by atoms with Gasteiger partial charge in [-0.1, -0.05) is 0 Å². The molecule has 7 nitrogen and oxygen atoms in total. The Morgan fingerprint density at radius 1 is 1.53 bits per heavy atom. The van der Waals surface area contributed by atoms with E-state index in [1.54, 1.807) is 11.1 Å². The zero-order valence-electron chi connectivity index (χ0n) is 9.24. The number of amides is 1. The summed E-state index contributed by atoms with van der Waals surface area (Å²) in [6.07, 6.45) is 3.19. The summed E-state index contributed by atoms with van der Waals surface area (Å²) in [4.78, 5) is 28.0. The lowest BCUT2D eigenvalue weighted by Crippen LogP contribution is -2.47. The smallest absolute Gasteiger partial charge is 0.305 e. The molecule has 0 aromatic carbocycles. The van der Waals surface area contributed by atoms with E-state index >= 15 is 0 Å². The Bertz CT molecular complexity index is 443. The Labute approximate surface area is 97.8 Å². The molecule has 3 N–H and O–H groups in total. The largest absolute Gasteiger partial charge is 0.481 e. The van der Waals surface area contributed by atoms with Crippen LogP contribution in [0.4, 0.5) is 0 Å². The van der Waals surface area contributed by atoms with Crippen LogP contribution in [0.25, 0.3) is 0 Å². The maximum atomic E-state index is 11.9. The lowest BCUT2D eigenvalue weighted by atomic mass is 10.2. The van der Waals surface area contributed by atoms with Crippen LogP contribution in [-0.2, 0) is 22.7 Å². The van der Waals surface area contributed by atoms with Crippen molar-refractivity contribution in [2.75, 3.05) is 6.54 Å². The summed E-state index contributed by atoms with van der Waals surface area (Å²) in [5, 5.41) is 8.59. The Kier molecular flexibility index (Phi) is 3.10. The predicted octanol–water partition coefficient (Wildman–Crippen LogP) is -0.973. The summed E-state index contributed by atoms with van der Waals surface area (Å²) in [6.45, 7) is 1.59. The summed E-state index contributed by atoms with van der Waals surface area (Å²) in [7, 11) is 0. The Morgan fingerprint density at radius 2 is 2.29 bits per heavy atom. The number of aromatic nitrogens is 2. The van der Waals surface area contributed by atoms with Gasteiger partial charge in [0.1, 0.15) is 5.82 Å². The molecule has 1 aromatic heterocycles. The van der Waals surface area contributed by atoms with Crippen LogP contribution in [0.3, 0.4) is 0 Å². The van der Waals surface area contributed by atoms with Gasteiger partial charge in [-0.3, -0.25) is 9.59 Å². The number of rotatable bonds is 3. The van der Waals surface area contributed by atoms with Crippen molar-refractivity contribution in [3.05, 3.63) is 18.2 Å². The number of carbonyl (C=O) groups is 2. The fraction of sp³-hybridized carbons (Fsp3) is 0.500. The van der Waals surface area contributed by atoms with Gasteiger partial charge in [0, 0.05) is 25.5 Å². The minimum absolute atomic E-state index is 0.332. The van der Waals surface area contributed by atoms with Crippen LogP contribution in [0.5, 0.6) is 0 Å². The second kappa shape index (κ2) is 4.54. The van der Waals surface area contributed by atoms with Crippen LogP contribution < -0.4 is 5.73 Å². The molecule has 92 valence electrons. The van der Waals surface area contributed by atoms with E-state index in [-0.39, 0.29) is 12.3 Å². The highest BCUT2D eigenvalue weighted by atomic mass is 16.4. The molecule has 1 aliphatic heterocycles. The first-order valence-corrected chi connectivity index (χ1v) is 5.34. The second-order valence-corrected chi connectivity index (χ2v) is 4.00. The topological polar surface area (TPSA) is 101 Å². The van der Waals surface area contributed by atoms with E-state index in [9.17, 15) is 9.59 Å². The minimum atomic E-state index is -1.07. The molecule has 1 unspecified atom stereocenters. The van der Waals surface area contributed by atoms with Gasteiger partial charge >= 0.3 is 5.97 Å². The van der Waals surface area contributed by atoms with E-state index < -0.39 is 12.0 Å². The number of aliphatic carboxylic acids is 1. The maximum Gasteiger partial charge on any atom is 0.305 e. The third kappa shape index (κ3) is 2.44. The van der Waals surface area contributed by atoms with Crippen LogP contribution in [0.15, 0.2) is 12.4 Å². The number of imidazole rings is 1. The molecule has 2 rings (SSSR count). The molecule has 0 aliphatic carbocycles. The lowest BCUT2D eigenvalue weighted by molar-refractivity contribution is -0.142. The highest BCUT2D eigenvalue weighted by molar-refractivity contribution is 5.86. The predicted molar refractivity (Wildman–Crippen MR) is 57.9 cm³/mol. The van der Waals surface area contributed by atoms with Gasteiger partial charge in [-0.15, -0.1) is 0 Å². The Hall–Kier alpha value is -1.89. The first-order chi connectivity index (χ1) is 8.08. The fourth-order valence-electron chi connectivity index (χ4n) is 1.87. The van der Waals surface area contributed by atoms with Crippen molar-refractivity contribution in [2.45, 2.75) is 25.6 Å². The van der Waals surface area contributed by atoms with Crippen LogP contribution in [0, 0.1) is 0 Å². The van der Waals surface area contributed by atoms with Crippen molar-refractivity contribution in [1.82, 2.24) is 14.5 Å². The van der Waals surface area contributed by atoms with Crippen LogP contribution >= 0.6 is 0 Å². The summed E-state index contributed by atoms with van der Waals surface area (Å²) < 4.78 is 1.96. The van der Waals surface area contributed by atoms with Crippen molar-refractivity contribution in [3.8, 4) is 0 Å². The molecule has 0 saturated carbocycles. The Balaban J connectivity index is 2.00. The molecule has 1 aliphatic rings. The van der Waals surface area contributed by atoms with Gasteiger partial charge in [0.15, 0.2) is 0 Å². The highest BCUT2D eigenvalue weighted by Gasteiger charge is 2.26. The molecular weight excluding hydrogens is 224 g/mol. The number of carboxylic acids is 1. The molecule has 7 heteroatoms. The van der Waals surface area contributed by atoms with E-state index in [0.29, 0.717) is 19.6 Å². The molecular formula is C10H14N4O3. The molecule has 0 spiro atoms. The zero-order valence-corrected chi connectivity index (χ0v) is 9.24. The van der Waals surface area contributed by atoms with Crippen molar-refractivity contribution >= 4 is 11.9 Å². The number of nitrogens with two attached hydrogens (primary N) is 1. The summed E-state index contributed by atoms with van der Waals surface area (Å²) in [6, 6.07) is -0.978. The van der Waals surface area contributed by atoms with Gasteiger partial charge in [0.05, 0.1) is 19.0 Å². The summed E-state index contributed by atoms with van der Waals surface area (Å²) >= 11 is 0. The van der Waals surface area contributed by atoms with E-state index in [2.05, 4.69) is 4.98 Å². The first kappa shape index (κ1) is 11.6. The molecule has 1 amide bonds.